The molecule has 2 fully saturated rings. The number of ether oxygens (including phenoxy) is 2. The summed E-state index contributed by atoms with van der Waals surface area (Å²) in [7, 11) is 1.67. The number of hydrogen-bond acceptors (Lipinski definition) is 6. The summed E-state index contributed by atoms with van der Waals surface area (Å²) in [5.41, 5.74) is 2.48. The second-order valence-corrected chi connectivity index (χ2v) is 8.84. The third kappa shape index (κ3) is 3.50. The smallest absolute Gasteiger partial charge is 0.235 e. The molecule has 1 saturated carbocycles. The fraction of sp³-hybridized carbons (Fsp3) is 0.542. The van der Waals surface area contributed by atoms with Crippen molar-refractivity contribution in [3.05, 3.63) is 35.7 Å². The van der Waals surface area contributed by atoms with E-state index in [9.17, 15) is 4.79 Å². The molecule has 164 valence electrons. The number of aromatic nitrogens is 2. The van der Waals surface area contributed by atoms with Crippen molar-refractivity contribution in [3.8, 4) is 11.5 Å². The van der Waals surface area contributed by atoms with E-state index in [1.165, 1.54) is 12.8 Å². The molecule has 1 aliphatic carbocycles. The molecule has 7 heteroatoms. The van der Waals surface area contributed by atoms with Gasteiger partial charge in [0.1, 0.15) is 0 Å². The Balaban J connectivity index is 1.38. The van der Waals surface area contributed by atoms with Gasteiger partial charge in [0.05, 0.1) is 18.6 Å². The van der Waals surface area contributed by atoms with Gasteiger partial charge in [-0.1, -0.05) is 6.92 Å². The van der Waals surface area contributed by atoms with E-state index in [1.807, 2.05) is 24.5 Å². The maximum atomic E-state index is 13.1. The third-order valence-corrected chi connectivity index (χ3v) is 7.10. The molecule has 1 spiro atoms. The Morgan fingerprint density at radius 2 is 1.84 bits per heavy atom. The van der Waals surface area contributed by atoms with E-state index in [4.69, 9.17) is 9.47 Å². The third-order valence-electron chi connectivity index (χ3n) is 7.10. The number of hydrogen-bond donors (Lipinski definition) is 1. The molecule has 0 bridgehead atoms. The standard InChI is InChI=1S/C24H30N4O3/c1-3-16-14-25-23(26-15-16)28-10-8-24(9-11-28)18-12-20(30-2)21(13-19(18)27-22(24)29)31-17-6-4-5-7-17/h12-15,17H,3-11H2,1-2H3,(H,27,29). The molecule has 1 amide bonds. The molecule has 3 aliphatic rings. The summed E-state index contributed by atoms with van der Waals surface area (Å²) in [6.07, 6.45) is 10.9. The highest BCUT2D eigenvalue weighted by atomic mass is 16.5. The number of nitrogens with zero attached hydrogens (tertiary/aromatic N) is 3. The number of benzene rings is 1. The molecule has 1 N–H and O–H groups in total. The Labute approximate surface area is 183 Å². The van der Waals surface area contributed by atoms with Gasteiger partial charge in [-0.05, 0) is 62.1 Å². The molecule has 1 aromatic heterocycles. The number of fused-ring (bicyclic) bond motifs is 2. The van der Waals surface area contributed by atoms with Crippen LogP contribution < -0.4 is 19.7 Å². The van der Waals surface area contributed by atoms with Crippen LogP contribution in [0.25, 0.3) is 0 Å². The largest absolute Gasteiger partial charge is 0.493 e. The molecule has 0 atom stereocenters. The molecule has 1 saturated heterocycles. The number of piperidine rings is 1. The number of nitrogens with one attached hydrogen (secondary N) is 1. The van der Waals surface area contributed by atoms with Crippen LogP contribution in [0, 0.1) is 0 Å². The average Bonchev–Trinajstić information content (AvgIpc) is 3.40. The quantitative estimate of drug-likeness (QED) is 0.789. The van der Waals surface area contributed by atoms with E-state index in [0.29, 0.717) is 5.75 Å². The lowest BCUT2D eigenvalue weighted by molar-refractivity contribution is -0.121. The summed E-state index contributed by atoms with van der Waals surface area (Å²) in [5, 5.41) is 3.12. The van der Waals surface area contributed by atoms with Crippen LogP contribution in [0.3, 0.4) is 0 Å². The summed E-state index contributed by atoms with van der Waals surface area (Å²) in [4.78, 5) is 24.4. The number of aryl methyl sites for hydroxylation is 1. The fourth-order valence-electron chi connectivity index (χ4n) is 5.14. The van der Waals surface area contributed by atoms with E-state index in [0.717, 1.165) is 73.7 Å². The lowest BCUT2D eigenvalue weighted by Gasteiger charge is -2.38. The van der Waals surface area contributed by atoms with Gasteiger partial charge in [-0.3, -0.25) is 4.79 Å². The highest BCUT2D eigenvalue weighted by molar-refractivity contribution is 6.07. The number of carbonyl (C=O) groups is 1. The van der Waals surface area contributed by atoms with Gasteiger partial charge in [0.15, 0.2) is 11.5 Å². The average molecular weight is 423 g/mol. The molecule has 2 aromatic rings. The van der Waals surface area contributed by atoms with Crippen LogP contribution in [-0.4, -0.2) is 42.2 Å². The van der Waals surface area contributed by atoms with Crippen molar-refractivity contribution in [2.24, 2.45) is 0 Å². The van der Waals surface area contributed by atoms with Gasteiger partial charge in [-0.25, -0.2) is 9.97 Å². The molecule has 3 heterocycles. The fourth-order valence-corrected chi connectivity index (χ4v) is 5.14. The van der Waals surface area contributed by atoms with Crippen molar-refractivity contribution in [1.82, 2.24) is 9.97 Å². The number of amides is 1. The molecule has 2 aliphatic heterocycles. The van der Waals surface area contributed by atoms with E-state index in [2.05, 4.69) is 27.1 Å². The van der Waals surface area contributed by atoms with Crippen molar-refractivity contribution in [2.45, 2.75) is 63.4 Å². The maximum absolute atomic E-state index is 13.1. The molecular formula is C24H30N4O3. The summed E-state index contributed by atoms with van der Waals surface area (Å²) >= 11 is 0. The minimum absolute atomic E-state index is 0.0736. The number of methoxy groups -OCH3 is 1. The molecule has 7 nitrogen and oxygen atoms in total. The monoisotopic (exact) mass is 422 g/mol. The minimum Gasteiger partial charge on any atom is -0.493 e. The Kier molecular flexibility index (Phi) is 5.20. The van der Waals surface area contributed by atoms with Crippen molar-refractivity contribution in [1.29, 1.82) is 0 Å². The van der Waals surface area contributed by atoms with Crippen LogP contribution in [0.4, 0.5) is 11.6 Å². The number of carbonyl (C=O) groups excluding carboxylic acids is 1. The Morgan fingerprint density at radius 3 is 2.48 bits per heavy atom. The van der Waals surface area contributed by atoms with Crippen molar-refractivity contribution >= 4 is 17.5 Å². The minimum atomic E-state index is -0.533. The highest BCUT2D eigenvalue weighted by Crippen LogP contribution is 2.49. The zero-order chi connectivity index (χ0) is 21.4. The Hall–Kier alpha value is -2.83. The van der Waals surface area contributed by atoms with Crippen LogP contribution in [0.1, 0.15) is 56.6 Å². The SMILES string of the molecule is CCc1cnc(N2CCC3(CC2)C(=O)Nc2cc(OC4CCCC4)c(OC)cc23)nc1. The highest BCUT2D eigenvalue weighted by Gasteiger charge is 2.49. The van der Waals surface area contributed by atoms with Crippen molar-refractivity contribution in [3.63, 3.8) is 0 Å². The lowest BCUT2D eigenvalue weighted by Crippen LogP contribution is -2.47. The topological polar surface area (TPSA) is 76.6 Å². The van der Waals surface area contributed by atoms with Crippen LogP contribution in [0.15, 0.2) is 24.5 Å². The Morgan fingerprint density at radius 1 is 1.13 bits per heavy atom. The Bertz CT molecular complexity index is 962. The van der Waals surface area contributed by atoms with E-state index < -0.39 is 5.41 Å². The maximum Gasteiger partial charge on any atom is 0.235 e. The van der Waals surface area contributed by atoms with Gasteiger partial charge in [-0.2, -0.15) is 0 Å². The first-order valence-electron chi connectivity index (χ1n) is 11.4. The second-order valence-electron chi connectivity index (χ2n) is 8.84. The molecule has 5 rings (SSSR count). The molecule has 1 aromatic carbocycles. The molecule has 31 heavy (non-hydrogen) atoms. The summed E-state index contributed by atoms with van der Waals surface area (Å²) < 4.78 is 11.9. The zero-order valence-electron chi connectivity index (χ0n) is 18.3. The van der Waals surface area contributed by atoms with E-state index >= 15 is 0 Å². The first-order chi connectivity index (χ1) is 15.1. The second kappa shape index (κ2) is 8.02. The van der Waals surface area contributed by atoms with Crippen LogP contribution in [0.5, 0.6) is 11.5 Å². The van der Waals surface area contributed by atoms with Crippen molar-refractivity contribution < 1.29 is 14.3 Å². The normalized spacial score (nSPS) is 20.1. The van der Waals surface area contributed by atoms with Gasteiger partial charge < -0.3 is 19.7 Å². The van der Waals surface area contributed by atoms with Gasteiger partial charge >= 0.3 is 0 Å². The number of anilines is 2. The van der Waals surface area contributed by atoms with E-state index in [1.54, 1.807) is 7.11 Å². The van der Waals surface area contributed by atoms with Gasteiger partial charge in [0, 0.05) is 37.2 Å². The molecule has 0 radical (unpaired) electrons. The predicted molar refractivity (Wildman–Crippen MR) is 119 cm³/mol. The summed E-state index contributed by atoms with van der Waals surface area (Å²) in [6.45, 7) is 3.57. The van der Waals surface area contributed by atoms with Crippen LogP contribution in [-0.2, 0) is 16.6 Å². The van der Waals surface area contributed by atoms with Crippen LogP contribution in [0.2, 0.25) is 0 Å². The van der Waals surface area contributed by atoms with Crippen LogP contribution >= 0.6 is 0 Å². The van der Waals surface area contributed by atoms with Gasteiger partial charge in [0.25, 0.3) is 0 Å². The molecular weight excluding hydrogens is 392 g/mol. The lowest BCUT2D eigenvalue weighted by atomic mass is 9.73. The van der Waals surface area contributed by atoms with Crippen molar-refractivity contribution in [2.75, 3.05) is 30.4 Å². The zero-order valence-corrected chi connectivity index (χ0v) is 18.3. The van der Waals surface area contributed by atoms with E-state index in [-0.39, 0.29) is 12.0 Å². The number of rotatable bonds is 5. The first kappa shape index (κ1) is 20.1. The first-order valence-corrected chi connectivity index (χ1v) is 11.4. The summed E-state index contributed by atoms with van der Waals surface area (Å²) in [5.74, 6) is 2.25. The predicted octanol–water partition coefficient (Wildman–Crippen LogP) is 3.86. The van der Waals surface area contributed by atoms with Gasteiger partial charge in [-0.15, -0.1) is 0 Å². The van der Waals surface area contributed by atoms with Gasteiger partial charge in [0.2, 0.25) is 11.9 Å². The summed E-state index contributed by atoms with van der Waals surface area (Å²) in [6, 6.07) is 3.97. The molecule has 0 unspecified atom stereocenters.